The highest BCUT2D eigenvalue weighted by Crippen LogP contribution is 2.31. The van der Waals surface area contributed by atoms with Crippen LogP contribution in [0.4, 0.5) is 10.2 Å². The van der Waals surface area contributed by atoms with Gasteiger partial charge in [0.25, 0.3) is 0 Å². The van der Waals surface area contributed by atoms with E-state index < -0.39 is 9.84 Å². The van der Waals surface area contributed by atoms with Gasteiger partial charge in [0.1, 0.15) is 11.6 Å². The van der Waals surface area contributed by atoms with Gasteiger partial charge in [-0.05, 0) is 24.1 Å². The third-order valence-corrected chi connectivity index (χ3v) is 5.29. The van der Waals surface area contributed by atoms with Crippen LogP contribution in [0.1, 0.15) is 12.5 Å². The Morgan fingerprint density at radius 2 is 2.00 bits per heavy atom. The SMILES string of the molecule is Nc1c(-c2ccc(F)cc2)cnn1[C@H]1CCS(=O)(=O)C1. The fraction of sp³-hybridized carbons (Fsp3) is 0.308. The van der Waals surface area contributed by atoms with Crippen LogP contribution < -0.4 is 5.73 Å². The van der Waals surface area contributed by atoms with Crippen LogP contribution in [0.25, 0.3) is 11.1 Å². The third kappa shape index (κ3) is 2.29. The standard InChI is InChI=1S/C13H14FN3O2S/c14-10-3-1-9(2-4-10)12-7-16-17(13(12)15)11-5-6-20(18,19)8-11/h1-4,7,11H,5-6,8,15H2/t11-/m0/s1. The van der Waals surface area contributed by atoms with Crippen molar-refractivity contribution in [3.05, 3.63) is 36.3 Å². The van der Waals surface area contributed by atoms with Gasteiger partial charge in [0, 0.05) is 5.56 Å². The molecule has 7 heteroatoms. The average molecular weight is 295 g/mol. The second-order valence-electron chi connectivity index (χ2n) is 4.95. The van der Waals surface area contributed by atoms with Gasteiger partial charge < -0.3 is 5.73 Å². The van der Waals surface area contributed by atoms with Crippen molar-refractivity contribution in [1.82, 2.24) is 9.78 Å². The van der Waals surface area contributed by atoms with Crippen LogP contribution in [0.5, 0.6) is 0 Å². The monoisotopic (exact) mass is 295 g/mol. The zero-order chi connectivity index (χ0) is 14.3. The summed E-state index contributed by atoms with van der Waals surface area (Å²) in [5.74, 6) is 0.338. The van der Waals surface area contributed by atoms with Crippen LogP contribution in [0.15, 0.2) is 30.5 Å². The second-order valence-corrected chi connectivity index (χ2v) is 7.18. The number of aromatic nitrogens is 2. The van der Waals surface area contributed by atoms with E-state index in [4.69, 9.17) is 5.73 Å². The van der Waals surface area contributed by atoms with Gasteiger partial charge in [0.2, 0.25) is 0 Å². The first-order valence-electron chi connectivity index (χ1n) is 6.25. The lowest BCUT2D eigenvalue weighted by molar-refractivity contribution is 0.507. The molecule has 3 rings (SSSR count). The van der Waals surface area contributed by atoms with Crippen LogP contribution in [-0.4, -0.2) is 29.7 Å². The molecule has 0 bridgehead atoms. The van der Waals surface area contributed by atoms with Crippen LogP contribution in [0.3, 0.4) is 0 Å². The number of hydrogen-bond donors (Lipinski definition) is 1. The molecule has 2 aromatic rings. The molecule has 0 saturated carbocycles. The molecule has 1 aliphatic heterocycles. The molecule has 1 fully saturated rings. The van der Waals surface area contributed by atoms with E-state index in [2.05, 4.69) is 5.10 Å². The molecular formula is C13H14FN3O2S. The lowest BCUT2D eigenvalue weighted by Crippen LogP contribution is -2.14. The largest absolute Gasteiger partial charge is 0.383 e. The second kappa shape index (κ2) is 4.59. The van der Waals surface area contributed by atoms with E-state index in [0.717, 1.165) is 5.56 Å². The van der Waals surface area contributed by atoms with Crippen molar-refractivity contribution in [1.29, 1.82) is 0 Å². The predicted molar refractivity (Wildman–Crippen MR) is 74.3 cm³/mol. The molecule has 2 N–H and O–H groups in total. The van der Waals surface area contributed by atoms with E-state index in [1.165, 1.54) is 12.1 Å². The predicted octanol–water partition coefficient (Wildman–Crippen LogP) is 1.63. The Bertz CT molecular complexity index is 737. The molecule has 0 aliphatic carbocycles. The first-order valence-corrected chi connectivity index (χ1v) is 8.08. The molecule has 5 nitrogen and oxygen atoms in total. The molecule has 0 spiro atoms. The Balaban J connectivity index is 1.95. The Morgan fingerprint density at radius 1 is 1.30 bits per heavy atom. The smallest absolute Gasteiger partial charge is 0.152 e. The number of anilines is 1. The zero-order valence-electron chi connectivity index (χ0n) is 10.7. The third-order valence-electron chi connectivity index (χ3n) is 3.54. The Morgan fingerprint density at radius 3 is 2.60 bits per heavy atom. The lowest BCUT2D eigenvalue weighted by Gasteiger charge is -2.11. The van der Waals surface area contributed by atoms with Gasteiger partial charge in [0.05, 0.1) is 23.7 Å². The number of nitrogens with zero attached hydrogens (tertiary/aromatic N) is 2. The Labute approximate surface area is 116 Å². The van der Waals surface area contributed by atoms with Crippen molar-refractivity contribution in [3.8, 4) is 11.1 Å². The number of rotatable bonds is 2. The molecule has 0 radical (unpaired) electrons. The van der Waals surface area contributed by atoms with E-state index in [0.29, 0.717) is 17.8 Å². The van der Waals surface area contributed by atoms with Crippen LogP contribution in [0.2, 0.25) is 0 Å². The Hall–Kier alpha value is -1.89. The van der Waals surface area contributed by atoms with Crippen LogP contribution >= 0.6 is 0 Å². The lowest BCUT2D eigenvalue weighted by atomic mass is 10.1. The van der Waals surface area contributed by atoms with Gasteiger partial charge in [-0.25, -0.2) is 17.5 Å². The molecule has 1 aromatic heterocycles. The van der Waals surface area contributed by atoms with Crippen LogP contribution in [-0.2, 0) is 9.84 Å². The summed E-state index contributed by atoms with van der Waals surface area (Å²) < 4.78 is 37.5. The van der Waals surface area contributed by atoms with Crippen molar-refractivity contribution in [2.45, 2.75) is 12.5 Å². The molecule has 1 saturated heterocycles. The number of nitrogens with two attached hydrogens (primary N) is 1. The number of sulfone groups is 1. The van der Waals surface area contributed by atoms with Gasteiger partial charge in [-0.2, -0.15) is 5.10 Å². The minimum Gasteiger partial charge on any atom is -0.383 e. The maximum atomic E-state index is 12.9. The van der Waals surface area contributed by atoms with Gasteiger partial charge in [-0.15, -0.1) is 0 Å². The molecule has 1 atom stereocenters. The van der Waals surface area contributed by atoms with Crippen molar-refractivity contribution in [2.24, 2.45) is 0 Å². The summed E-state index contributed by atoms with van der Waals surface area (Å²) in [6.45, 7) is 0. The summed E-state index contributed by atoms with van der Waals surface area (Å²) in [6.07, 6.45) is 2.12. The highest BCUT2D eigenvalue weighted by atomic mass is 32.2. The normalized spacial score (nSPS) is 21.1. The molecule has 1 aromatic carbocycles. The van der Waals surface area contributed by atoms with E-state index in [1.807, 2.05) is 0 Å². The van der Waals surface area contributed by atoms with Crippen LogP contribution in [0, 0.1) is 5.82 Å². The fourth-order valence-electron chi connectivity index (χ4n) is 2.48. The van der Waals surface area contributed by atoms with E-state index in [-0.39, 0.29) is 23.4 Å². The van der Waals surface area contributed by atoms with Crippen molar-refractivity contribution >= 4 is 15.7 Å². The topological polar surface area (TPSA) is 78.0 Å². The highest BCUT2D eigenvalue weighted by Gasteiger charge is 2.31. The minimum absolute atomic E-state index is 0.0712. The number of halogens is 1. The van der Waals surface area contributed by atoms with E-state index in [1.54, 1.807) is 23.0 Å². The molecule has 106 valence electrons. The molecule has 20 heavy (non-hydrogen) atoms. The van der Waals surface area contributed by atoms with E-state index >= 15 is 0 Å². The molecular weight excluding hydrogens is 281 g/mol. The summed E-state index contributed by atoms with van der Waals surface area (Å²) in [5.41, 5.74) is 7.50. The summed E-state index contributed by atoms with van der Waals surface area (Å²) in [4.78, 5) is 0. The van der Waals surface area contributed by atoms with Gasteiger partial charge in [0.15, 0.2) is 9.84 Å². The average Bonchev–Trinajstić information content (AvgIpc) is 2.93. The van der Waals surface area contributed by atoms with Crippen molar-refractivity contribution < 1.29 is 12.8 Å². The highest BCUT2D eigenvalue weighted by molar-refractivity contribution is 7.91. The van der Waals surface area contributed by atoms with Gasteiger partial charge >= 0.3 is 0 Å². The zero-order valence-corrected chi connectivity index (χ0v) is 11.5. The first-order chi connectivity index (χ1) is 9.46. The number of hydrogen-bond acceptors (Lipinski definition) is 4. The fourth-order valence-corrected chi connectivity index (χ4v) is 4.17. The summed E-state index contributed by atoms with van der Waals surface area (Å²) >= 11 is 0. The Kier molecular flexibility index (Phi) is 3.01. The molecule has 0 unspecified atom stereocenters. The molecule has 2 heterocycles. The van der Waals surface area contributed by atoms with E-state index in [9.17, 15) is 12.8 Å². The number of benzene rings is 1. The minimum atomic E-state index is -2.99. The molecule has 1 aliphatic rings. The quantitative estimate of drug-likeness (QED) is 0.913. The summed E-state index contributed by atoms with van der Waals surface area (Å²) in [7, 11) is -2.99. The maximum Gasteiger partial charge on any atom is 0.152 e. The van der Waals surface area contributed by atoms with Crippen molar-refractivity contribution in [3.63, 3.8) is 0 Å². The molecule has 0 amide bonds. The van der Waals surface area contributed by atoms with Gasteiger partial charge in [-0.3, -0.25) is 0 Å². The summed E-state index contributed by atoms with van der Waals surface area (Å²) in [5, 5.41) is 4.20. The summed E-state index contributed by atoms with van der Waals surface area (Å²) in [6, 6.07) is 5.74. The van der Waals surface area contributed by atoms with Crippen molar-refractivity contribution in [2.75, 3.05) is 17.2 Å². The maximum absolute atomic E-state index is 12.9. The number of nitrogen functional groups attached to an aromatic ring is 1. The first kappa shape index (κ1) is 13.1. The van der Waals surface area contributed by atoms with Gasteiger partial charge in [-0.1, -0.05) is 12.1 Å².